The monoisotopic (exact) mass is 214 g/mol. The molecule has 0 spiro atoms. The second kappa shape index (κ2) is 5.61. The van der Waals surface area contributed by atoms with E-state index in [0.717, 1.165) is 0 Å². The highest BCUT2D eigenvalue weighted by Gasteiger charge is 2.15. The summed E-state index contributed by atoms with van der Waals surface area (Å²) >= 11 is 4.75. The van der Waals surface area contributed by atoms with Crippen LogP contribution in [0, 0.1) is 0 Å². The van der Waals surface area contributed by atoms with Gasteiger partial charge in [0.1, 0.15) is 6.26 Å². The van der Waals surface area contributed by atoms with Crippen LogP contribution in [0.3, 0.4) is 0 Å². The molecule has 0 aromatic carbocycles. The van der Waals surface area contributed by atoms with Gasteiger partial charge in [0.15, 0.2) is 0 Å². The molecule has 7 heteroatoms. The minimum absolute atomic E-state index is 0.0618. The Morgan fingerprint density at radius 1 is 1.42 bits per heavy atom. The van der Waals surface area contributed by atoms with E-state index in [-0.39, 0.29) is 13.0 Å². The molecule has 12 heavy (non-hydrogen) atoms. The molecule has 0 aliphatic heterocycles. The van der Waals surface area contributed by atoms with Gasteiger partial charge in [-0.25, -0.2) is 0 Å². The summed E-state index contributed by atoms with van der Waals surface area (Å²) in [6.07, 6.45) is -3.53. The first-order valence-corrected chi connectivity index (χ1v) is 6.29. The minimum atomic E-state index is -2.56. The van der Waals surface area contributed by atoms with E-state index in [1.807, 2.05) is 0 Å². The Morgan fingerprint density at radius 2 is 1.92 bits per heavy atom. The van der Waals surface area contributed by atoms with Gasteiger partial charge in [-0.1, -0.05) is 11.8 Å². The van der Waals surface area contributed by atoms with Crippen molar-refractivity contribution in [2.45, 2.75) is 6.42 Å². The van der Waals surface area contributed by atoms with Gasteiger partial charge in [-0.05, 0) is 0 Å². The molecule has 0 saturated carbocycles. The van der Waals surface area contributed by atoms with Crippen LogP contribution >= 0.6 is 6.26 Å². The predicted octanol–water partition coefficient (Wildman–Crippen LogP) is -0.228. The van der Waals surface area contributed by atoms with E-state index < -0.39 is 24.9 Å². The van der Waals surface area contributed by atoms with Crippen molar-refractivity contribution in [3.8, 4) is 0 Å². The molecule has 0 aliphatic rings. The van der Waals surface area contributed by atoms with Crippen LogP contribution in [0.4, 0.5) is 0 Å². The van der Waals surface area contributed by atoms with Gasteiger partial charge in [-0.15, -0.1) is 0 Å². The third-order valence-electron chi connectivity index (χ3n) is 1.07. The quantitative estimate of drug-likeness (QED) is 0.529. The Morgan fingerprint density at radius 3 is 2.25 bits per heavy atom. The van der Waals surface area contributed by atoms with Crippen LogP contribution in [-0.4, -0.2) is 40.6 Å². The summed E-state index contributed by atoms with van der Waals surface area (Å²) in [4.78, 5) is 10.0. The minimum Gasteiger partial charge on any atom is -0.481 e. The summed E-state index contributed by atoms with van der Waals surface area (Å²) in [7, 11) is 0. The van der Waals surface area contributed by atoms with Crippen molar-refractivity contribution in [1.29, 1.82) is 0 Å². The standard InChI is InChI=1S/C5H11O5PS/c6-3-11(12,4-7)10-2-1-5(8)9/h6-7H,1-4H2,(H,8,9). The molecular formula is C5H11O5PS. The van der Waals surface area contributed by atoms with Gasteiger partial charge in [-0.2, -0.15) is 0 Å². The van der Waals surface area contributed by atoms with E-state index >= 15 is 0 Å². The van der Waals surface area contributed by atoms with Crippen LogP contribution in [0.5, 0.6) is 0 Å². The van der Waals surface area contributed by atoms with E-state index in [1.54, 1.807) is 0 Å². The lowest BCUT2D eigenvalue weighted by Crippen LogP contribution is -2.04. The molecule has 0 atom stereocenters. The molecule has 3 N–H and O–H groups in total. The van der Waals surface area contributed by atoms with Gasteiger partial charge in [0.2, 0.25) is 0 Å². The van der Waals surface area contributed by atoms with Crippen molar-refractivity contribution in [1.82, 2.24) is 0 Å². The van der Waals surface area contributed by atoms with Crippen molar-refractivity contribution >= 4 is 24.0 Å². The van der Waals surface area contributed by atoms with E-state index in [0.29, 0.717) is 0 Å². The largest absolute Gasteiger partial charge is 0.481 e. The predicted molar refractivity (Wildman–Crippen MR) is 46.7 cm³/mol. The van der Waals surface area contributed by atoms with E-state index in [2.05, 4.69) is 0 Å². The first-order valence-electron chi connectivity index (χ1n) is 3.20. The highest BCUT2D eigenvalue weighted by Crippen LogP contribution is 2.44. The van der Waals surface area contributed by atoms with Gasteiger partial charge in [0.05, 0.1) is 25.7 Å². The lowest BCUT2D eigenvalue weighted by atomic mass is 10.5. The maximum absolute atomic E-state index is 10.0. The van der Waals surface area contributed by atoms with E-state index in [4.69, 9.17) is 31.7 Å². The molecule has 72 valence electrons. The highest BCUT2D eigenvalue weighted by molar-refractivity contribution is 8.12. The van der Waals surface area contributed by atoms with Crippen LogP contribution in [-0.2, 0) is 21.1 Å². The van der Waals surface area contributed by atoms with Gasteiger partial charge in [-0.3, -0.25) is 4.79 Å². The van der Waals surface area contributed by atoms with Crippen LogP contribution in [0.15, 0.2) is 0 Å². The third kappa shape index (κ3) is 4.79. The third-order valence-corrected chi connectivity index (χ3v) is 3.60. The smallest absolute Gasteiger partial charge is 0.305 e. The zero-order valence-electron chi connectivity index (χ0n) is 6.34. The van der Waals surface area contributed by atoms with Crippen molar-refractivity contribution in [2.24, 2.45) is 0 Å². The summed E-state index contributed by atoms with van der Waals surface area (Å²) in [6, 6.07) is 0. The lowest BCUT2D eigenvalue weighted by Gasteiger charge is -2.15. The average molecular weight is 214 g/mol. The SMILES string of the molecule is O=C(O)CCOP(=S)(CO)CO. The van der Waals surface area contributed by atoms with Crippen molar-refractivity contribution in [2.75, 3.05) is 19.3 Å². The van der Waals surface area contributed by atoms with Crippen molar-refractivity contribution in [3.05, 3.63) is 0 Å². The molecule has 0 aromatic rings. The maximum atomic E-state index is 10.0. The van der Waals surface area contributed by atoms with Crippen LogP contribution in [0.1, 0.15) is 6.42 Å². The number of aliphatic hydroxyl groups is 2. The topological polar surface area (TPSA) is 87.0 Å². The Labute approximate surface area is 75.1 Å². The number of carboxylic acids is 1. The Balaban J connectivity index is 3.74. The van der Waals surface area contributed by atoms with Crippen LogP contribution in [0.25, 0.3) is 0 Å². The molecule has 0 heterocycles. The van der Waals surface area contributed by atoms with Crippen molar-refractivity contribution < 1.29 is 24.6 Å². The fourth-order valence-corrected chi connectivity index (χ4v) is 1.33. The summed E-state index contributed by atoms with van der Waals surface area (Å²) in [5, 5.41) is 25.6. The number of hydrogen-bond acceptors (Lipinski definition) is 5. The number of aliphatic carboxylic acids is 1. The number of carbonyl (C=O) groups is 1. The van der Waals surface area contributed by atoms with E-state index in [9.17, 15) is 4.79 Å². The fourth-order valence-electron chi connectivity index (χ4n) is 0.426. The number of hydrogen-bond donors (Lipinski definition) is 3. The van der Waals surface area contributed by atoms with Crippen LogP contribution < -0.4 is 0 Å². The van der Waals surface area contributed by atoms with Gasteiger partial charge in [0.25, 0.3) is 0 Å². The Hall–Kier alpha value is -0.0000000000000000694. The zero-order chi connectivity index (χ0) is 9.61. The molecule has 0 aliphatic carbocycles. The second-order valence-corrected chi connectivity index (χ2v) is 6.52. The molecule has 0 unspecified atom stereocenters. The molecule has 0 fully saturated rings. The summed E-state index contributed by atoms with van der Waals surface area (Å²) in [5.41, 5.74) is 0. The molecule has 0 rings (SSSR count). The van der Waals surface area contributed by atoms with Gasteiger partial charge < -0.3 is 19.8 Å². The second-order valence-electron chi connectivity index (χ2n) is 2.07. The molecule has 0 radical (unpaired) electrons. The maximum Gasteiger partial charge on any atom is 0.305 e. The zero-order valence-corrected chi connectivity index (χ0v) is 8.05. The van der Waals surface area contributed by atoms with Crippen molar-refractivity contribution in [3.63, 3.8) is 0 Å². The molecule has 0 aromatic heterocycles. The normalized spacial score (nSPS) is 11.5. The summed E-state index contributed by atoms with van der Waals surface area (Å²) in [6.45, 7) is -0.0618. The highest BCUT2D eigenvalue weighted by atomic mass is 32.4. The molecule has 0 saturated heterocycles. The first-order chi connectivity index (χ1) is 5.54. The number of aliphatic hydroxyl groups excluding tert-OH is 2. The molecule has 0 amide bonds. The molecule has 5 nitrogen and oxygen atoms in total. The average Bonchev–Trinajstić information content (AvgIpc) is 2.03. The number of rotatable bonds is 6. The fraction of sp³-hybridized carbons (Fsp3) is 0.800. The van der Waals surface area contributed by atoms with Crippen LogP contribution in [0.2, 0.25) is 0 Å². The Kier molecular flexibility index (Phi) is 5.61. The van der Waals surface area contributed by atoms with Gasteiger partial charge >= 0.3 is 5.97 Å². The summed E-state index contributed by atoms with van der Waals surface area (Å²) < 4.78 is 4.88. The molecule has 0 bridgehead atoms. The first kappa shape index (κ1) is 12.0. The summed E-state index contributed by atoms with van der Waals surface area (Å²) in [5.74, 6) is -0.993. The van der Waals surface area contributed by atoms with Gasteiger partial charge in [0, 0.05) is 0 Å². The lowest BCUT2D eigenvalue weighted by molar-refractivity contribution is -0.137. The number of carboxylic acid groups (broad SMARTS) is 1. The molecular weight excluding hydrogens is 203 g/mol. The Bertz CT molecular complexity index is 186. The van der Waals surface area contributed by atoms with E-state index in [1.165, 1.54) is 0 Å².